The summed E-state index contributed by atoms with van der Waals surface area (Å²) in [5.74, 6) is 4.90. The SMILES string of the molecule is N/N=C\c1cccnc1.[HH]. The lowest BCUT2D eigenvalue weighted by molar-refractivity contribution is 1.25. The molecule has 0 spiro atoms. The van der Waals surface area contributed by atoms with Crippen LogP contribution in [0.5, 0.6) is 0 Å². The Kier molecular flexibility index (Phi) is 1.80. The van der Waals surface area contributed by atoms with E-state index in [4.69, 9.17) is 5.84 Å². The Bertz CT molecular complexity index is 197. The molecule has 0 aliphatic rings. The third-order valence-electron chi connectivity index (χ3n) is 0.908. The Morgan fingerprint density at radius 3 is 3.22 bits per heavy atom. The van der Waals surface area contributed by atoms with Gasteiger partial charge in [-0.15, -0.1) is 0 Å². The summed E-state index contributed by atoms with van der Waals surface area (Å²) >= 11 is 0. The molecular formula is C6H9N3. The van der Waals surface area contributed by atoms with Gasteiger partial charge in [0.05, 0.1) is 6.21 Å². The highest BCUT2D eigenvalue weighted by Gasteiger charge is 1.80. The van der Waals surface area contributed by atoms with Crippen LogP contribution in [0.15, 0.2) is 29.6 Å². The van der Waals surface area contributed by atoms with Gasteiger partial charge in [0.1, 0.15) is 0 Å². The summed E-state index contributed by atoms with van der Waals surface area (Å²) < 4.78 is 0. The molecule has 0 saturated heterocycles. The Labute approximate surface area is 54.7 Å². The highest BCUT2D eigenvalue weighted by molar-refractivity contribution is 5.78. The molecule has 2 N–H and O–H groups in total. The van der Waals surface area contributed by atoms with Gasteiger partial charge >= 0.3 is 0 Å². The second-order valence-corrected chi connectivity index (χ2v) is 1.56. The van der Waals surface area contributed by atoms with E-state index in [1.807, 2.05) is 12.1 Å². The molecule has 48 valence electrons. The Morgan fingerprint density at radius 1 is 1.78 bits per heavy atom. The van der Waals surface area contributed by atoms with Gasteiger partial charge in [0.15, 0.2) is 0 Å². The number of hydrogen-bond acceptors (Lipinski definition) is 3. The van der Waals surface area contributed by atoms with Gasteiger partial charge in [-0.2, -0.15) is 5.10 Å². The molecule has 0 radical (unpaired) electrons. The van der Waals surface area contributed by atoms with Crippen molar-refractivity contribution in [3.05, 3.63) is 30.1 Å². The van der Waals surface area contributed by atoms with Crippen molar-refractivity contribution < 1.29 is 1.43 Å². The zero-order chi connectivity index (χ0) is 6.53. The number of hydrazone groups is 1. The second-order valence-electron chi connectivity index (χ2n) is 1.56. The molecule has 0 amide bonds. The van der Waals surface area contributed by atoms with Crippen molar-refractivity contribution in [1.29, 1.82) is 0 Å². The van der Waals surface area contributed by atoms with Gasteiger partial charge in [-0.05, 0) is 6.07 Å². The summed E-state index contributed by atoms with van der Waals surface area (Å²) in [6.45, 7) is 0. The fourth-order valence-corrected chi connectivity index (χ4v) is 0.538. The molecule has 0 aliphatic heterocycles. The fraction of sp³-hybridized carbons (Fsp3) is 0. The van der Waals surface area contributed by atoms with Crippen LogP contribution in [0.4, 0.5) is 0 Å². The maximum absolute atomic E-state index is 4.90. The Balaban J connectivity index is 0.000000810. The van der Waals surface area contributed by atoms with Crippen LogP contribution in [0.1, 0.15) is 6.99 Å². The molecule has 3 heteroatoms. The molecular weight excluding hydrogens is 114 g/mol. The molecule has 0 atom stereocenters. The van der Waals surface area contributed by atoms with Gasteiger partial charge < -0.3 is 5.84 Å². The molecule has 1 aromatic heterocycles. The van der Waals surface area contributed by atoms with E-state index in [1.54, 1.807) is 18.6 Å². The first-order chi connectivity index (χ1) is 4.43. The lowest BCUT2D eigenvalue weighted by atomic mass is 10.3. The minimum Gasteiger partial charge on any atom is -0.323 e. The van der Waals surface area contributed by atoms with Crippen LogP contribution in [0.25, 0.3) is 0 Å². The van der Waals surface area contributed by atoms with E-state index in [0.717, 1.165) is 5.56 Å². The molecule has 1 heterocycles. The van der Waals surface area contributed by atoms with Gasteiger partial charge in [-0.3, -0.25) is 4.98 Å². The topological polar surface area (TPSA) is 51.3 Å². The second kappa shape index (κ2) is 2.81. The lowest BCUT2D eigenvalue weighted by Gasteiger charge is -1.85. The summed E-state index contributed by atoms with van der Waals surface area (Å²) in [7, 11) is 0. The van der Waals surface area contributed by atoms with Gasteiger partial charge in [0, 0.05) is 19.4 Å². The van der Waals surface area contributed by atoms with E-state index in [1.165, 1.54) is 0 Å². The maximum Gasteiger partial charge on any atom is 0.0553 e. The Hall–Kier alpha value is -1.38. The highest BCUT2D eigenvalue weighted by atomic mass is 15.1. The van der Waals surface area contributed by atoms with Gasteiger partial charge in [0.2, 0.25) is 0 Å². The first-order valence-electron chi connectivity index (χ1n) is 2.57. The number of hydrogen-bond donors (Lipinski definition) is 1. The first kappa shape index (κ1) is 5.75. The standard InChI is InChI=1S/C6H7N3.H2/c7-9-5-6-2-1-3-8-4-6;/h1-5H,7H2;1H/b9-5-;. The largest absolute Gasteiger partial charge is 0.323 e. The minimum atomic E-state index is 0. The van der Waals surface area contributed by atoms with Gasteiger partial charge in [-0.25, -0.2) is 0 Å². The van der Waals surface area contributed by atoms with Gasteiger partial charge in [-0.1, -0.05) is 6.07 Å². The Morgan fingerprint density at radius 2 is 2.67 bits per heavy atom. The maximum atomic E-state index is 4.90. The van der Waals surface area contributed by atoms with Crippen LogP contribution in [0, 0.1) is 0 Å². The zero-order valence-electron chi connectivity index (χ0n) is 4.86. The van der Waals surface area contributed by atoms with E-state index >= 15 is 0 Å². The predicted octanol–water partition coefficient (Wildman–Crippen LogP) is 0.620. The monoisotopic (exact) mass is 123 g/mol. The molecule has 1 aromatic rings. The van der Waals surface area contributed by atoms with E-state index < -0.39 is 0 Å². The van der Waals surface area contributed by atoms with Crippen molar-refractivity contribution in [2.45, 2.75) is 0 Å². The van der Waals surface area contributed by atoms with Crippen LogP contribution in [0.3, 0.4) is 0 Å². The van der Waals surface area contributed by atoms with Crippen molar-refractivity contribution in [1.82, 2.24) is 4.98 Å². The van der Waals surface area contributed by atoms with Crippen molar-refractivity contribution in [2.75, 3.05) is 0 Å². The molecule has 3 nitrogen and oxygen atoms in total. The fourth-order valence-electron chi connectivity index (χ4n) is 0.538. The summed E-state index contributed by atoms with van der Waals surface area (Å²) in [6.07, 6.45) is 4.94. The summed E-state index contributed by atoms with van der Waals surface area (Å²) in [5.41, 5.74) is 0.917. The van der Waals surface area contributed by atoms with Crippen molar-refractivity contribution >= 4 is 6.21 Å². The number of aromatic nitrogens is 1. The molecule has 9 heavy (non-hydrogen) atoms. The molecule has 0 aromatic carbocycles. The summed E-state index contributed by atoms with van der Waals surface area (Å²) in [6, 6.07) is 3.71. The third-order valence-corrected chi connectivity index (χ3v) is 0.908. The number of nitrogens with zero attached hydrogens (tertiary/aromatic N) is 2. The van der Waals surface area contributed by atoms with E-state index in [-0.39, 0.29) is 1.43 Å². The zero-order valence-corrected chi connectivity index (χ0v) is 4.86. The molecule has 0 saturated carbocycles. The number of nitrogens with two attached hydrogens (primary N) is 1. The smallest absolute Gasteiger partial charge is 0.0553 e. The van der Waals surface area contributed by atoms with E-state index in [9.17, 15) is 0 Å². The highest BCUT2D eigenvalue weighted by Crippen LogP contribution is 1.88. The van der Waals surface area contributed by atoms with Crippen LogP contribution in [-0.2, 0) is 0 Å². The predicted molar refractivity (Wildman–Crippen MR) is 38.1 cm³/mol. The molecule has 1 rings (SSSR count). The molecule has 0 aliphatic carbocycles. The number of pyridine rings is 1. The van der Waals surface area contributed by atoms with E-state index in [0.29, 0.717) is 0 Å². The van der Waals surface area contributed by atoms with Crippen molar-refractivity contribution in [3.8, 4) is 0 Å². The van der Waals surface area contributed by atoms with Crippen LogP contribution < -0.4 is 5.84 Å². The first-order valence-corrected chi connectivity index (χ1v) is 2.57. The average molecular weight is 123 g/mol. The number of rotatable bonds is 1. The van der Waals surface area contributed by atoms with Crippen LogP contribution in [0.2, 0.25) is 0 Å². The van der Waals surface area contributed by atoms with Crippen LogP contribution in [-0.4, -0.2) is 11.2 Å². The molecule has 0 bridgehead atoms. The normalized spacial score (nSPS) is 10.2. The molecule has 0 unspecified atom stereocenters. The lowest BCUT2D eigenvalue weighted by Crippen LogP contribution is -1.85. The molecule has 0 fully saturated rings. The van der Waals surface area contributed by atoms with Gasteiger partial charge in [0.25, 0.3) is 0 Å². The van der Waals surface area contributed by atoms with E-state index in [2.05, 4.69) is 10.1 Å². The van der Waals surface area contributed by atoms with Crippen LogP contribution >= 0.6 is 0 Å². The summed E-state index contributed by atoms with van der Waals surface area (Å²) in [4.78, 5) is 3.86. The summed E-state index contributed by atoms with van der Waals surface area (Å²) in [5, 5.41) is 3.34. The average Bonchev–Trinajstić information content (AvgIpc) is 1.91. The van der Waals surface area contributed by atoms with Crippen molar-refractivity contribution in [2.24, 2.45) is 10.9 Å². The quantitative estimate of drug-likeness (QED) is 0.338. The third kappa shape index (κ3) is 1.53. The van der Waals surface area contributed by atoms with Crippen molar-refractivity contribution in [3.63, 3.8) is 0 Å². The minimum absolute atomic E-state index is 0.